The Morgan fingerprint density at radius 1 is 1.22 bits per heavy atom. The summed E-state index contributed by atoms with van der Waals surface area (Å²) in [5, 5.41) is -0.0363. The molecule has 2 atom stereocenters. The largest absolute Gasteiger partial charge is 0.352 e. The van der Waals surface area contributed by atoms with Gasteiger partial charge in [0.2, 0.25) is 0 Å². The Morgan fingerprint density at radius 3 is 2.87 bits per heavy atom. The molecule has 1 aromatic carbocycles. The van der Waals surface area contributed by atoms with Crippen LogP contribution in [-0.4, -0.2) is 42.2 Å². The van der Waals surface area contributed by atoms with Crippen molar-refractivity contribution >= 4 is 23.7 Å². The van der Waals surface area contributed by atoms with Crippen LogP contribution >= 0.6 is 11.8 Å². The minimum atomic E-state index is -0.0363. The first-order chi connectivity index (χ1) is 11.3. The van der Waals surface area contributed by atoms with E-state index in [1.165, 1.54) is 55.8 Å². The quantitative estimate of drug-likeness (QED) is 0.552. The molecule has 0 radical (unpaired) electrons. The number of anilines is 1. The lowest BCUT2D eigenvalue weighted by Gasteiger charge is -2.35. The number of piperidine rings is 1. The molecule has 0 bridgehead atoms. The molecule has 2 unspecified atom stereocenters. The summed E-state index contributed by atoms with van der Waals surface area (Å²) >= 11 is 1.68. The van der Waals surface area contributed by atoms with Gasteiger partial charge in [-0.05, 0) is 57.3 Å². The summed E-state index contributed by atoms with van der Waals surface area (Å²) in [4.78, 5) is 17.6. The van der Waals surface area contributed by atoms with Crippen molar-refractivity contribution < 1.29 is 4.79 Å². The summed E-state index contributed by atoms with van der Waals surface area (Å²) < 4.78 is 0. The molecule has 0 amide bonds. The molecule has 2 aliphatic rings. The molecule has 1 saturated heterocycles. The van der Waals surface area contributed by atoms with Crippen LogP contribution in [-0.2, 0) is 4.79 Å². The minimum absolute atomic E-state index is 0.0363. The van der Waals surface area contributed by atoms with Gasteiger partial charge in [0.25, 0.3) is 0 Å². The first-order valence-corrected chi connectivity index (χ1v) is 9.93. The van der Waals surface area contributed by atoms with Crippen LogP contribution in [0.4, 0.5) is 5.69 Å². The summed E-state index contributed by atoms with van der Waals surface area (Å²) in [5.41, 5.74) is 1.24. The first-order valence-electron chi connectivity index (χ1n) is 9.05. The average molecular weight is 333 g/mol. The fraction of sp³-hybridized carbons (Fsp3) is 0.632. The van der Waals surface area contributed by atoms with E-state index >= 15 is 0 Å². The number of nitrogens with zero attached hydrogens (tertiary/aromatic N) is 2. The SMILES string of the molecule is CCC1CCCCN1CCCCN1c2ccccc2SC1C=O. The van der Waals surface area contributed by atoms with Crippen LogP contribution in [0.25, 0.3) is 0 Å². The fourth-order valence-corrected chi connectivity index (χ4v) is 5.01. The molecule has 23 heavy (non-hydrogen) atoms. The lowest BCUT2D eigenvalue weighted by Crippen LogP contribution is -2.40. The number of hydrogen-bond acceptors (Lipinski definition) is 4. The van der Waals surface area contributed by atoms with E-state index in [1.807, 2.05) is 0 Å². The number of benzene rings is 1. The molecule has 0 spiro atoms. The van der Waals surface area contributed by atoms with Crippen molar-refractivity contribution in [1.29, 1.82) is 0 Å². The van der Waals surface area contributed by atoms with Crippen molar-refractivity contribution in [2.75, 3.05) is 24.5 Å². The van der Waals surface area contributed by atoms with E-state index < -0.39 is 0 Å². The lowest BCUT2D eigenvalue weighted by atomic mass is 10.00. The van der Waals surface area contributed by atoms with Gasteiger partial charge in [-0.25, -0.2) is 0 Å². The molecule has 0 aliphatic carbocycles. The zero-order valence-electron chi connectivity index (χ0n) is 14.1. The molecule has 0 N–H and O–H groups in total. The van der Waals surface area contributed by atoms with E-state index in [-0.39, 0.29) is 5.37 Å². The highest BCUT2D eigenvalue weighted by molar-refractivity contribution is 8.01. The molecule has 4 heteroatoms. The summed E-state index contributed by atoms with van der Waals surface area (Å²) in [5.74, 6) is 0. The number of carbonyl (C=O) groups is 1. The maximum atomic E-state index is 11.4. The maximum Gasteiger partial charge on any atom is 0.153 e. The van der Waals surface area contributed by atoms with E-state index in [0.717, 1.165) is 25.3 Å². The van der Waals surface area contributed by atoms with E-state index in [0.29, 0.717) is 0 Å². The third-order valence-electron chi connectivity index (χ3n) is 5.16. The van der Waals surface area contributed by atoms with Crippen LogP contribution in [0.3, 0.4) is 0 Å². The van der Waals surface area contributed by atoms with Crippen molar-refractivity contribution in [3.05, 3.63) is 24.3 Å². The second kappa shape index (κ2) is 8.20. The Bertz CT molecular complexity index is 522. The van der Waals surface area contributed by atoms with Crippen molar-refractivity contribution in [1.82, 2.24) is 4.90 Å². The van der Waals surface area contributed by atoms with E-state index in [4.69, 9.17) is 0 Å². The predicted octanol–water partition coefficient (Wildman–Crippen LogP) is 4.17. The van der Waals surface area contributed by atoms with Crippen molar-refractivity contribution in [3.8, 4) is 0 Å². The number of likely N-dealkylation sites (tertiary alicyclic amines) is 1. The van der Waals surface area contributed by atoms with Crippen molar-refractivity contribution in [2.24, 2.45) is 0 Å². The molecule has 2 aliphatic heterocycles. The zero-order valence-corrected chi connectivity index (χ0v) is 14.9. The van der Waals surface area contributed by atoms with Gasteiger partial charge in [-0.15, -0.1) is 0 Å². The van der Waals surface area contributed by atoms with E-state index in [9.17, 15) is 4.79 Å². The van der Waals surface area contributed by atoms with Crippen LogP contribution < -0.4 is 4.90 Å². The molecule has 126 valence electrons. The molecule has 0 saturated carbocycles. The number of rotatable bonds is 7. The second-order valence-corrected chi connectivity index (χ2v) is 7.77. The number of hydrogen-bond donors (Lipinski definition) is 0. The highest BCUT2D eigenvalue weighted by Gasteiger charge is 2.29. The summed E-state index contributed by atoms with van der Waals surface area (Å²) in [6.07, 6.45) is 8.89. The lowest BCUT2D eigenvalue weighted by molar-refractivity contribution is -0.107. The van der Waals surface area contributed by atoms with Gasteiger partial charge in [0.1, 0.15) is 5.37 Å². The van der Waals surface area contributed by atoms with Crippen LogP contribution in [0, 0.1) is 0 Å². The summed E-state index contributed by atoms with van der Waals surface area (Å²) in [6, 6.07) is 9.19. The number of para-hydroxylation sites is 1. The molecule has 3 nitrogen and oxygen atoms in total. The van der Waals surface area contributed by atoms with Crippen LogP contribution in [0.5, 0.6) is 0 Å². The molecular weight excluding hydrogens is 304 g/mol. The Labute approximate surface area is 144 Å². The molecule has 0 aromatic heterocycles. The standard InChI is InChI=1S/C19H28N2OS/c1-2-16-9-5-6-12-20(16)13-7-8-14-21-17-10-3-4-11-18(17)23-19(21)15-22/h3-4,10-11,15-16,19H,2,5-9,12-14H2,1H3. The average Bonchev–Trinajstić information content (AvgIpc) is 2.97. The smallest absolute Gasteiger partial charge is 0.153 e. The zero-order chi connectivity index (χ0) is 16.1. The molecular formula is C19H28N2OS. The monoisotopic (exact) mass is 332 g/mol. The third kappa shape index (κ3) is 3.92. The van der Waals surface area contributed by atoms with E-state index in [2.05, 4.69) is 41.0 Å². The second-order valence-electron chi connectivity index (χ2n) is 6.61. The molecule has 1 fully saturated rings. The van der Waals surface area contributed by atoms with Crippen molar-refractivity contribution in [2.45, 2.75) is 61.8 Å². The molecule has 1 aromatic rings. The Morgan fingerprint density at radius 2 is 2.04 bits per heavy atom. The van der Waals surface area contributed by atoms with Gasteiger partial charge >= 0.3 is 0 Å². The van der Waals surface area contributed by atoms with Gasteiger partial charge < -0.3 is 14.6 Å². The number of carbonyl (C=O) groups excluding carboxylic acids is 1. The highest BCUT2D eigenvalue weighted by Crippen LogP contribution is 2.42. The van der Waals surface area contributed by atoms with Gasteiger partial charge in [0, 0.05) is 17.5 Å². The van der Waals surface area contributed by atoms with Crippen LogP contribution in [0.2, 0.25) is 0 Å². The topological polar surface area (TPSA) is 23.6 Å². The minimum Gasteiger partial charge on any atom is -0.352 e. The number of unbranched alkanes of at least 4 members (excludes halogenated alkanes) is 1. The van der Waals surface area contributed by atoms with Crippen LogP contribution in [0.1, 0.15) is 45.4 Å². The first kappa shape index (κ1) is 16.8. The third-order valence-corrected chi connectivity index (χ3v) is 6.37. The Kier molecular flexibility index (Phi) is 6.01. The number of aldehydes is 1. The van der Waals surface area contributed by atoms with Gasteiger partial charge in [0.05, 0.1) is 5.69 Å². The normalized spacial score (nSPS) is 24.7. The van der Waals surface area contributed by atoms with Crippen molar-refractivity contribution in [3.63, 3.8) is 0 Å². The van der Waals surface area contributed by atoms with Gasteiger partial charge in [-0.3, -0.25) is 0 Å². The number of fused-ring (bicyclic) bond motifs is 1. The Balaban J connectivity index is 1.49. The maximum absolute atomic E-state index is 11.4. The predicted molar refractivity (Wildman–Crippen MR) is 98.2 cm³/mol. The van der Waals surface area contributed by atoms with Crippen LogP contribution in [0.15, 0.2) is 29.2 Å². The van der Waals surface area contributed by atoms with E-state index in [1.54, 1.807) is 11.8 Å². The fourth-order valence-electron chi connectivity index (χ4n) is 3.89. The highest BCUT2D eigenvalue weighted by atomic mass is 32.2. The molecule has 3 rings (SSSR count). The van der Waals surface area contributed by atoms with Gasteiger partial charge in [-0.2, -0.15) is 0 Å². The summed E-state index contributed by atoms with van der Waals surface area (Å²) in [6.45, 7) is 5.79. The van der Waals surface area contributed by atoms with Gasteiger partial charge in [0.15, 0.2) is 6.29 Å². The van der Waals surface area contributed by atoms with Gasteiger partial charge in [-0.1, -0.05) is 37.2 Å². The number of thioether (sulfide) groups is 1. The molecule has 2 heterocycles. The Hall–Kier alpha value is -1.00. The summed E-state index contributed by atoms with van der Waals surface area (Å²) in [7, 11) is 0.